The molecule has 2 aromatic carbocycles. The Kier molecular flexibility index (Phi) is 3.19. The van der Waals surface area contributed by atoms with E-state index in [1.807, 2.05) is 0 Å². The number of ketones is 2. The number of nitrogens with zero attached hydrogens (tertiary/aromatic N) is 1. The lowest BCUT2D eigenvalue weighted by Crippen LogP contribution is -2.26. The van der Waals surface area contributed by atoms with Crippen LogP contribution in [0.15, 0.2) is 29.2 Å². The van der Waals surface area contributed by atoms with E-state index in [0.717, 1.165) is 0 Å². The van der Waals surface area contributed by atoms with Crippen LogP contribution in [-0.4, -0.2) is 24.5 Å². The van der Waals surface area contributed by atoms with Gasteiger partial charge < -0.3 is 11.5 Å². The standard InChI is InChI=1S/C15H9N3O5S/c16-5-8-11(17)9-10(12(18)15(8)24(21,22)23)14(20)7-4-2-1-3-6(7)13(9)19/h1-4H,17-18H2,(H,21,22,23). The van der Waals surface area contributed by atoms with Crippen molar-refractivity contribution in [2.75, 3.05) is 11.5 Å². The SMILES string of the molecule is N#Cc1c(N)c2c(c(N)c1S(=O)(=O)O)C(=O)c1ccccc1C2=O. The lowest BCUT2D eigenvalue weighted by Gasteiger charge is -2.22. The van der Waals surface area contributed by atoms with Gasteiger partial charge in [0.15, 0.2) is 11.6 Å². The highest BCUT2D eigenvalue weighted by molar-refractivity contribution is 7.86. The maximum absolute atomic E-state index is 12.7. The van der Waals surface area contributed by atoms with Gasteiger partial charge in [0.2, 0.25) is 0 Å². The zero-order valence-electron chi connectivity index (χ0n) is 11.9. The van der Waals surface area contributed by atoms with Crippen molar-refractivity contribution >= 4 is 33.1 Å². The molecule has 5 N–H and O–H groups in total. The molecule has 24 heavy (non-hydrogen) atoms. The van der Waals surface area contributed by atoms with E-state index in [2.05, 4.69) is 0 Å². The topological polar surface area (TPSA) is 164 Å². The molecular formula is C15H9N3O5S. The maximum Gasteiger partial charge on any atom is 0.298 e. The fourth-order valence-corrected chi connectivity index (χ4v) is 3.56. The minimum Gasteiger partial charge on any atom is -0.397 e. The molecule has 1 aliphatic rings. The van der Waals surface area contributed by atoms with Crippen molar-refractivity contribution in [2.45, 2.75) is 4.90 Å². The minimum absolute atomic E-state index is 0.0343. The monoisotopic (exact) mass is 343 g/mol. The number of fused-ring (bicyclic) bond motifs is 2. The van der Waals surface area contributed by atoms with Gasteiger partial charge >= 0.3 is 0 Å². The van der Waals surface area contributed by atoms with Crippen LogP contribution in [0.4, 0.5) is 11.4 Å². The molecule has 2 aromatic rings. The fourth-order valence-electron chi connectivity index (χ4n) is 2.76. The van der Waals surface area contributed by atoms with Crippen LogP contribution in [0.5, 0.6) is 0 Å². The number of anilines is 2. The fraction of sp³-hybridized carbons (Fsp3) is 0. The largest absolute Gasteiger partial charge is 0.397 e. The maximum atomic E-state index is 12.7. The third kappa shape index (κ3) is 1.91. The molecule has 8 nitrogen and oxygen atoms in total. The van der Waals surface area contributed by atoms with E-state index in [-0.39, 0.29) is 16.7 Å². The van der Waals surface area contributed by atoms with Crippen LogP contribution in [0.3, 0.4) is 0 Å². The number of nitrogens with two attached hydrogens (primary N) is 2. The third-order valence-corrected chi connectivity index (χ3v) is 4.71. The Morgan fingerprint density at radius 1 is 0.958 bits per heavy atom. The molecule has 0 aromatic heterocycles. The van der Waals surface area contributed by atoms with E-state index in [4.69, 9.17) is 11.5 Å². The van der Waals surface area contributed by atoms with Gasteiger partial charge in [-0.15, -0.1) is 0 Å². The number of rotatable bonds is 1. The summed E-state index contributed by atoms with van der Waals surface area (Å²) in [5.41, 5.74) is 8.98. The smallest absolute Gasteiger partial charge is 0.298 e. The Balaban J connectivity index is 2.54. The van der Waals surface area contributed by atoms with Crippen molar-refractivity contribution in [3.63, 3.8) is 0 Å². The van der Waals surface area contributed by atoms with Gasteiger partial charge in [-0.25, -0.2) is 0 Å². The first-order valence-corrected chi connectivity index (χ1v) is 7.95. The van der Waals surface area contributed by atoms with Crippen LogP contribution in [0.1, 0.15) is 37.4 Å². The first kappa shape index (κ1) is 15.7. The van der Waals surface area contributed by atoms with Crippen LogP contribution in [0, 0.1) is 11.3 Å². The van der Waals surface area contributed by atoms with Crippen molar-refractivity contribution in [2.24, 2.45) is 0 Å². The Morgan fingerprint density at radius 2 is 1.42 bits per heavy atom. The van der Waals surface area contributed by atoms with Crippen LogP contribution >= 0.6 is 0 Å². The number of hydrogen-bond donors (Lipinski definition) is 3. The van der Waals surface area contributed by atoms with Gasteiger partial charge in [0.1, 0.15) is 11.0 Å². The predicted molar refractivity (Wildman–Crippen MR) is 83.1 cm³/mol. The molecular weight excluding hydrogens is 334 g/mol. The molecule has 0 unspecified atom stereocenters. The van der Waals surface area contributed by atoms with Gasteiger partial charge in [-0.3, -0.25) is 14.1 Å². The van der Waals surface area contributed by atoms with E-state index in [1.54, 1.807) is 6.07 Å². The second-order valence-electron chi connectivity index (χ2n) is 5.07. The van der Waals surface area contributed by atoms with Gasteiger partial charge in [-0.2, -0.15) is 13.7 Å². The Labute approximate surface area is 136 Å². The zero-order chi connectivity index (χ0) is 17.8. The van der Waals surface area contributed by atoms with E-state index in [1.165, 1.54) is 24.3 Å². The summed E-state index contributed by atoms with van der Waals surface area (Å²) < 4.78 is 32.5. The van der Waals surface area contributed by atoms with Crippen molar-refractivity contribution < 1.29 is 22.6 Å². The lowest BCUT2D eigenvalue weighted by atomic mass is 9.81. The molecule has 1 aliphatic carbocycles. The molecule has 0 fully saturated rings. The zero-order valence-corrected chi connectivity index (χ0v) is 12.7. The summed E-state index contributed by atoms with van der Waals surface area (Å²) in [6.45, 7) is 0. The molecule has 0 atom stereocenters. The second kappa shape index (κ2) is 4.89. The number of carbonyl (C=O) groups excluding carboxylic acids is 2. The van der Waals surface area contributed by atoms with Gasteiger partial charge in [-0.1, -0.05) is 24.3 Å². The van der Waals surface area contributed by atoms with Gasteiger partial charge in [0.05, 0.1) is 28.1 Å². The first-order valence-electron chi connectivity index (χ1n) is 6.51. The molecule has 120 valence electrons. The van der Waals surface area contributed by atoms with E-state index in [0.29, 0.717) is 0 Å². The number of hydrogen-bond acceptors (Lipinski definition) is 7. The summed E-state index contributed by atoms with van der Waals surface area (Å²) in [6, 6.07) is 7.39. The summed E-state index contributed by atoms with van der Waals surface area (Å²) >= 11 is 0. The van der Waals surface area contributed by atoms with Crippen molar-refractivity contribution in [1.29, 1.82) is 5.26 Å². The summed E-state index contributed by atoms with van der Waals surface area (Å²) in [6.07, 6.45) is 0. The summed E-state index contributed by atoms with van der Waals surface area (Å²) in [7, 11) is -4.94. The van der Waals surface area contributed by atoms with Gasteiger partial charge in [0.25, 0.3) is 10.1 Å². The highest BCUT2D eigenvalue weighted by atomic mass is 32.2. The number of nitrogen functional groups attached to an aromatic ring is 2. The minimum atomic E-state index is -4.94. The van der Waals surface area contributed by atoms with Crippen LogP contribution in [0.2, 0.25) is 0 Å². The number of nitriles is 1. The van der Waals surface area contributed by atoms with Crippen LogP contribution < -0.4 is 11.5 Å². The van der Waals surface area contributed by atoms with E-state index in [9.17, 15) is 27.8 Å². The van der Waals surface area contributed by atoms with E-state index < -0.39 is 49.1 Å². The molecule has 0 heterocycles. The molecule has 0 saturated heterocycles. The summed E-state index contributed by atoms with van der Waals surface area (Å²) in [5, 5.41) is 9.18. The number of benzene rings is 2. The molecule has 0 spiro atoms. The molecule has 0 bridgehead atoms. The highest BCUT2D eigenvalue weighted by Crippen LogP contribution is 2.40. The van der Waals surface area contributed by atoms with Crippen molar-refractivity contribution in [1.82, 2.24) is 0 Å². The van der Waals surface area contributed by atoms with E-state index >= 15 is 0 Å². The average molecular weight is 343 g/mol. The van der Waals surface area contributed by atoms with Gasteiger partial charge in [0, 0.05) is 11.1 Å². The average Bonchev–Trinajstić information content (AvgIpc) is 2.52. The predicted octanol–water partition coefficient (Wildman–Crippen LogP) is 0.745. The first-order chi connectivity index (χ1) is 11.2. The lowest BCUT2D eigenvalue weighted by molar-refractivity contribution is 0.0980. The molecule has 3 rings (SSSR count). The summed E-state index contributed by atoms with van der Waals surface area (Å²) in [5.74, 6) is -1.36. The quantitative estimate of drug-likeness (QED) is 0.430. The normalized spacial score (nSPS) is 13.2. The number of carbonyl (C=O) groups is 2. The molecule has 0 radical (unpaired) electrons. The Hall–Kier alpha value is -3.22. The highest BCUT2D eigenvalue weighted by Gasteiger charge is 2.38. The second-order valence-corrected chi connectivity index (χ2v) is 6.43. The molecule has 0 saturated carbocycles. The van der Waals surface area contributed by atoms with Gasteiger partial charge in [-0.05, 0) is 0 Å². The van der Waals surface area contributed by atoms with Crippen LogP contribution in [-0.2, 0) is 10.1 Å². The Morgan fingerprint density at radius 3 is 1.83 bits per heavy atom. The van der Waals surface area contributed by atoms with Crippen molar-refractivity contribution in [3.05, 3.63) is 52.1 Å². The summed E-state index contributed by atoms with van der Waals surface area (Å²) in [4.78, 5) is 24.3. The molecule has 0 amide bonds. The molecule has 9 heteroatoms. The molecule has 0 aliphatic heterocycles. The third-order valence-electron chi connectivity index (χ3n) is 3.77. The van der Waals surface area contributed by atoms with Crippen molar-refractivity contribution in [3.8, 4) is 6.07 Å². The van der Waals surface area contributed by atoms with Crippen LogP contribution in [0.25, 0.3) is 0 Å². The Bertz CT molecular complexity index is 1100.